The minimum Gasteiger partial charge on any atom is -0.331 e. The molecule has 130 valence electrons. The summed E-state index contributed by atoms with van der Waals surface area (Å²) in [4.78, 5) is 12.6. The maximum absolute atomic E-state index is 12.6. The van der Waals surface area contributed by atoms with Crippen LogP contribution in [0.3, 0.4) is 0 Å². The summed E-state index contributed by atoms with van der Waals surface area (Å²) in [5, 5.41) is 10.6. The second kappa shape index (κ2) is 7.07. The van der Waals surface area contributed by atoms with E-state index in [2.05, 4.69) is 22.7 Å². The molecule has 0 aliphatic heterocycles. The number of hydrogen-bond acceptors (Lipinski definition) is 2. The van der Waals surface area contributed by atoms with Gasteiger partial charge in [-0.1, -0.05) is 37.3 Å². The zero-order valence-corrected chi connectivity index (χ0v) is 15.5. The maximum atomic E-state index is 12.6. The van der Waals surface area contributed by atoms with Gasteiger partial charge in [0, 0.05) is 18.3 Å². The van der Waals surface area contributed by atoms with Gasteiger partial charge in [0.15, 0.2) is 0 Å². The molecule has 0 aliphatic rings. The Labute approximate surface area is 144 Å². The molecular weight excluding hydrogens is 300 g/mol. The number of aromatic nitrogens is 2. The highest BCUT2D eigenvalue weighted by Crippen LogP contribution is 2.25. The fraction of sp³-hybridized carbons (Fsp3) is 0.474. The molecule has 1 aromatic carbocycles. The van der Waals surface area contributed by atoms with Crippen LogP contribution in [-0.2, 0) is 12.6 Å². The van der Waals surface area contributed by atoms with Crippen LogP contribution in [0, 0.1) is 13.8 Å². The normalized spacial score (nSPS) is 14.8. The van der Waals surface area contributed by atoms with Crippen LogP contribution in [0.25, 0.3) is 0 Å². The lowest BCUT2D eigenvalue weighted by Crippen LogP contribution is -2.48. The number of rotatable bonds is 5. The third-order valence-corrected chi connectivity index (χ3v) is 4.85. The van der Waals surface area contributed by atoms with Crippen molar-refractivity contribution in [3.05, 3.63) is 52.8 Å². The highest BCUT2D eigenvalue weighted by Gasteiger charge is 2.27. The van der Waals surface area contributed by atoms with Gasteiger partial charge >= 0.3 is 6.03 Å². The number of carbonyl (C=O) groups excluding carboxylic acids is 1. The Morgan fingerprint density at radius 2 is 1.92 bits per heavy atom. The van der Waals surface area contributed by atoms with Crippen LogP contribution in [0.5, 0.6) is 0 Å². The largest absolute Gasteiger partial charge is 0.331 e. The first-order valence-electron chi connectivity index (χ1n) is 8.42. The van der Waals surface area contributed by atoms with E-state index in [1.54, 1.807) is 0 Å². The van der Waals surface area contributed by atoms with E-state index in [0.717, 1.165) is 28.9 Å². The average molecular weight is 328 g/mol. The Kier molecular flexibility index (Phi) is 5.32. The summed E-state index contributed by atoms with van der Waals surface area (Å²) in [5.41, 5.74) is 3.80. The van der Waals surface area contributed by atoms with Crippen molar-refractivity contribution in [3.8, 4) is 0 Å². The molecule has 24 heavy (non-hydrogen) atoms. The van der Waals surface area contributed by atoms with Crippen molar-refractivity contribution in [2.75, 3.05) is 0 Å². The minimum absolute atomic E-state index is 0.101. The first-order chi connectivity index (χ1) is 11.3. The molecule has 5 heteroatoms. The summed E-state index contributed by atoms with van der Waals surface area (Å²) >= 11 is 0. The lowest BCUT2D eigenvalue weighted by molar-refractivity contribution is 0.223. The third-order valence-electron chi connectivity index (χ3n) is 4.85. The molecule has 1 aromatic heterocycles. The molecular formula is C19H28N4O. The van der Waals surface area contributed by atoms with Crippen LogP contribution in [0.15, 0.2) is 30.3 Å². The Bertz CT molecular complexity index is 708. The molecule has 0 saturated heterocycles. The van der Waals surface area contributed by atoms with Crippen LogP contribution in [0.2, 0.25) is 0 Å². The van der Waals surface area contributed by atoms with Crippen LogP contribution in [-0.4, -0.2) is 15.8 Å². The van der Waals surface area contributed by atoms with E-state index in [0.29, 0.717) is 0 Å². The quantitative estimate of drug-likeness (QED) is 0.879. The van der Waals surface area contributed by atoms with Gasteiger partial charge in [0.25, 0.3) is 0 Å². The lowest BCUT2D eigenvalue weighted by atomic mass is 9.89. The summed E-state index contributed by atoms with van der Waals surface area (Å²) in [5.74, 6) is 0. The number of aryl methyl sites for hydroxylation is 2. The van der Waals surface area contributed by atoms with E-state index in [9.17, 15) is 4.79 Å². The summed E-state index contributed by atoms with van der Waals surface area (Å²) in [6.07, 6.45) is 0.809. The number of benzene rings is 1. The topological polar surface area (TPSA) is 59.0 Å². The molecule has 2 unspecified atom stereocenters. The van der Waals surface area contributed by atoms with Crippen LogP contribution >= 0.6 is 0 Å². The molecule has 0 saturated carbocycles. The number of hydrogen-bond donors (Lipinski definition) is 2. The van der Waals surface area contributed by atoms with E-state index in [1.807, 2.05) is 69.8 Å². The Hall–Kier alpha value is -2.30. The summed E-state index contributed by atoms with van der Waals surface area (Å²) in [6.45, 7) is 10.1. The number of amides is 2. The van der Waals surface area contributed by atoms with Crippen molar-refractivity contribution < 1.29 is 4.79 Å². The Morgan fingerprint density at radius 1 is 1.29 bits per heavy atom. The number of carbonyl (C=O) groups is 1. The van der Waals surface area contributed by atoms with Crippen molar-refractivity contribution in [1.29, 1.82) is 0 Å². The smallest absolute Gasteiger partial charge is 0.315 e. The fourth-order valence-corrected chi connectivity index (χ4v) is 3.14. The van der Waals surface area contributed by atoms with Crippen molar-refractivity contribution in [2.24, 2.45) is 7.05 Å². The molecule has 0 bridgehead atoms. The first-order valence-corrected chi connectivity index (χ1v) is 8.42. The summed E-state index contributed by atoms with van der Waals surface area (Å²) in [7, 11) is 1.92. The second-order valence-electron chi connectivity index (χ2n) is 6.58. The molecule has 2 N–H and O–H groups in total. The summed E-state index contributed by atoms with van der Waals surface area (Å²) < 4.78 is 1.85. The zero-order chi connectivity index (χ0) is 17.9. The van der Waals surface area contributed by atoms with Crippen LogP contribution < -0.4 is 10.6 Å². The van der Waals surface area contributed by atoms with Gasteiger partial charge in [-0.25, -0.2) is 4.79 Å². The van der Waals surface area contributed by atoms with Gasteiger partial charge in [-0.15, -0.1) is 0 Å². The maximum Gasteiger partial charge on any atom is 0.315 e. The highest BCUT2D eigenvalue weighted by atomic mass is 16.2. The molecule has 2 rings (SSSR count). The van der Waals surface area contributed by atoms with E-state index in [4.69, 9.17) is 0 Å². The predicted octanol–water partition coefficient (Wildman–Crippen LogP) is 3.72. The van der Waals surface area contributed by atoms with Gasteiger partial charge in [0.2, 0.25) is 0 Å². The standard InChI is InChI=1S/C19H28N4O/c1-7-19(5,16-11-9-8-10-12-16)21-18(24)20-13(2)17-14(3)22-23(6)15(17)4/h8-13H,7H2,1-6H3,(H2,20,21,24). The van der Waals surface area contributed by atoms with Gasteiger partial charge < -0.3 is 10.6 Å². The third kappa shape index (κ3) is 3.61. The van der Waals surface area contributed by atoms with E-state index >= 15 is 0 Å². The first kappa shape index (κ1) is 18.0. The van der Waals surface area contributed by atoms with Crippen molar-refractivity contribution in [2.45, 2.75) is 52.6 Å². The molecule has 2 atom stereocenters. The van der Waals surface area contributed by atoms with Crippen LogP contribution in [0.4, 0.5) is 4.79 Å². The van der Waals surface area contributed by atoms with Gasteiger partial charge in [0.05, 0.1) is 17.3 Å². The molecule has 5 nitrogen and oxygen atoms in total. The van der Waals surface area contributed by atoms with Gasteiger partial charge in [0.1, 0.15) is 0 Å². The number of urea groups is 1. The molecule has 0 spiro atoms. The molecule has 1 heterocycles. The van der Waals surface area contributed by atoms with E-state index in [1.165, 1.54) is 0 Å². The van der Waals surface area contributed by atoms with Gasteiger partial charge in [-0.05, 0) is 39.7 Å². The highest BCUT2D eigenvalue weighted by molar-refractivity contribution is 5.75. The average Bonchev–Trinajstić information content (AvgIpc) is 2.80. The number of nitrogens with one attached hydrogen (secondary N) is 2. The second-order valence-corrected chi connectivity index (χ2v) is 6.58. The van der Waals surface area contributed by atoms with Crippen molar-refractivity contribution >= 4 is 6.03 Å². The fourth-order valence-electron chi connectivity index (χ4n) is 3.14. The monoisotopic (exact) mass is 328 g/mol. The SMILES string of the molecule is CCC(C)(NC(=O)NC(C)c1c(C)nn(C)c1C)c1ccccc1. The van der Waals surface area contributed by atoms with Crippen molar-refractivity contribution in [3.63, 3.8) is 0 Å². The Morgan fingerprint density at radius 3 is 2.42 bits per heavy atom. The Balaban J connectivity index is 2.12. The summed E-state index contributed by atoms with van der Waals surface area (Å²) in [6, 6.07) is 9.79. The molecule has 0 fully saturated rings. The van der Waals surface area contributed by atoms with E-state index < -0.39 is 5.54 Å². The molecule has 0 radical (unpaired) electrons. The van der Waals surface area contributed by atoms with E-state index in [-0.39, 0.29) is 12.1 Å². The van der Waals surface area contributed by atoms with Crippen molar-refractivity contribution in [1.82, 2.24) is 20.4 Å². The predicted molar refractivity (Wildman–Crippen MR) is 96.8 cm³/mol. The molecule has 0 aliphatic carbocycles. The van der Waals surface area contributed by atoms with Gasteiger partial charge in [-0.3, -0.25) is 4.68 Å². The molecule has 2 aromatic rings. The van der Waals surface area contributed by atoms with Crippen LogP contribution in [0.1, 0.15) is 55.7 Å². The van der Waals surface area contributed by atoms with Gasteiger partial charge in [-0.2, -0.15) is 5.10 Å². The molecule has 2 amide bonds. The lowest BCUT2D eigenvalue weighted by Gasteiger charge is -2.31. The number of nitrogens with zero attached hydrogens (tertiary/aromatic N) is 2. The zero-order valence-electron chi connectivity index (χ0n) is 15.5. The minimum atomic E-state index is -0.399.